The Morgan fingerprint density at radius 2 is 1.78 bits per heavy atom. The molecular formula is C24H25ClN2O4S. The molecule has 2 N–H and O–H groups in total. The molecule has 0 aliphatic heterocycles. The van der Waals surface area contributed by atoms with Crippen LogP contribution in [0.4, 0.5) is 5.69 Å². The second-order valence-corrected chi connectivity index (χ2v) is 9.41. The number of hydrogen-bond donors (Lipinski definition) is 2. The van der Waals surface area contributed by atoms with E-state index in [1.165, 1.54) is 30.3 Å². The lowest BCUT2D eigenvalue weighted by Gasteiger charge is -2.11. The average Bonchev–Trinajstić information content (AvgIpc) is 2.78. The molecule has 32 heavy (non-hydrogen) atoms. The predicted octanol–water partition coefficient (Wildman–Crippen LogP) is 4.82. The van der Waals surface area contributed by atoms with Gasteiger partial charge in [-0.1, -0.05) is 41.4 Å². The highest BCUT2D eigenvalue weighted by molar-refractivity contribution is 7.92. The zero-order chi connectivity index (χ0) is 23.1. The molecule has 0 saturated heterocycles. The van der Waals surface area contributed by atoms with Gasteiger partial charge in [-0.05, 0) is 67.8 Å². The molecule has 0 aromatic heterocycles. The van der Waals surface area contributed by atoms with Crippen molar-refractivity contribution in [3.8, 4) is 5.75 Å². The first-order chi connectivity index (χ1) is 15.3. The summed E-state index contributed by atoms with van der Waals surface area (Å²) in [5.41, 5.74) is 2.66. The summed E-state index contributed by atoms with van der Waals surface area (Å²) in [6.45, 7) is 2.37. The minimum Gasteiger partial charge on any atom is -0.497 e. The van der Waals surface area contributed by atoms with E-state index >= 15 is 0 Å². The monoisotopic (exact) mass is 472 g/mol. The maximum absolute atomic E-state index is 12.6. The number of aryl methyl sites for hydroxylation is 2. The van der Waals surface area contributed by atoms with E-state index in [0.29, 0.717) is 12.1 Å². The molecule has 1 amide bonds. The number of methoxy groups -OCH3 is 1. The lowest BCUT2D eigenvalue weighted by molar-refractivity contribution is 0.0953. The molecule has 0 radical (unpaired) electrons. The first kappa shape index (κ1) is 23.6. The van der Waals surface area contributed by atoms with Gasteiger partial charge in [0.2, 0.25) is 0 Å². The van der Waals surface area contributed by atoms with Crippen LogP contribution in [0.5, 0.6) is 5.75 Å². The molecule has 0 atom stereocenters. The van der Waals surface area contributed by atoms with Crippen LogP contribution in [0.15, 0.2) is 71.6 Å². The van der Waals surface area contributed by atoms with E-state index in [9.17, 15) is 13.2 Å². The molecule has 0 heterocycles. The van der Waals surface area contributed by atoms with Crippen LogP contribution in [0.3, 0.4) is 0 Å². The van der Waals surface area contributed by atoms with E-state index in [4.69, 9.17) is 16.3 Å². The van der Waals surface area contributed by atoms with Gasteiger partial charge in [0.05, 0.1) is 22.7 Å². The van der Waals surface area contributed by atoms with Crippen LogP contribution in [0.1, 0.15) is 27.9 Å². The number of hydrogen-bond acceptors (Lipinski definition) is 4. The zero-order valence-corrected chi connectivity index (χ0v) is 19.5. The zero-order valence-electron chi connectivity index (χ0n) is 17.9. The number of rotatable bonds is 9. The molecule has 3 rings (SSSR count). The van der Waals surface area contributed by atoms with E-state index in [1.807, 2.05) is 31.2 Å². The topological polar surface area (TPSA) is 84.5 Å². The molecule has 6 nitrogen and oxygen atoms in total. The van der Waals surface area contributed by atoms with Gasteiger partial charge in [-0.15, -0.1) is 0 Å². The first-order valence-electron chi connectivity index (χ1n) is 10.1. The molecule has 0 bridgehead atoms. The largest absolute Gasteiger partial charge is 0.497 e. The molecule has 0 aliphatic carbocycles. The Balaban J connectivity index is 1.56. The van der Waals surface area contributed by atoms with Crippen molar-refractivity contribution in [1.29, 1.82) is 0 Å². The Morgan fingerprint density at radius 1 is 1.03 bits per heavy atom. The predicted molar refractivity (Wildman–Crippen MR) is 127 cm³/mol. The van der Waals surface area contributed by atoms with Crippen LogP contribution < -0.4 is 14.8 Å². The van der Waals surface area contributed by atoms with Gasteiger partial charge in [0.15, 0.2) is 0 Å². The number of amides is 1. The quantitative estimate of drug-likeness (QED) is 0.437. The van der Waals surface area contributed by atoms with Gasteiger partial charge >= 0.3 is 0 Å². The van der Waals surface area contributed by atoms with Gasteiger partial charge in [-0.3, -0.25) is 9.52 Å². The lowest BCUT2D eigenvalue weighted by atomic mass is 10.1. The second kappa shape index (κ2) is 10.5. The number of halogens is 1. The van der Waals surface area contributed by atoms with Gasteiger partial charge in [0.25, 0.3) is 15.9 Å². The maximum atomic E-state index is 12.6. The molecule has 0 unspecified atom stereocenters. The SMILES string of the molecule is COc1cccc(CCCNC(=O)c2ccc(NS(=O)(=O)c3ccc(C)cc3)c(Cl)c2)c1. The van der Waals surface area contributed by atoms with Crippen molar-refractivity contribution < 1.29 is 17.9 Å². The van der Waals surface area contributed by atoms with Crippen LogP contribution in [0.2, 0.25) is 5.02 Å². The van der Waals surface area contributed by atoms with Crippen molar-refractivity contribution in [3.63, 3.8) is 0 Å². The number of sulfonamides is 1. The normalized spacial score (nSPS) is 11.1. The average molecular weight is 473 g/mol. The lowest BCUT2D eigenvalue weighted by Crippen LogP contribution is -2.24. The molecule has 0 aliphatic rings. The summed E-state index contributed by atoms with van der Waals surface area (Å²) >= 11 is 6.24. The smallest absolute Gasteiger partial charge is 0.261 e. The van der Waals surface area contributed by atoms with Gasteiger partial charge in [0, 0.05) is 12.1 Å². The minimum atomic E-state index is -3.78. The van der Waals surface area contributed by atoms with E-state index < -0.39 is 10.0 Å². The van der Waals surface area contributed by atoms with Crippen molar-refractivity contribution in [2.75, 3.05) is 18.4 Å². The van der Waals surface area contributed by atoms with Crippen molar-refractivity contribution in [2.24, 2.45) is 0 Å². The highest BCUT2D eigenvalue weighted by atomic mass is 35.5. The summed E-state index contributed by atoms with van der Waals surface area (Å²) in [6.07, 6.45) is 1.57. The van der Waals surface area contributed by atoms with Crippen molar-refractivity contribution in [3.05, 3.63) is 88.4 Å². The third-order valence-electron chi connectivity index (χ3n) is 4.87. The Morgan fingerprint density at radius 3 is 2.47 bits per heavy atom. The Labute approximate surface area is 193 Å². The molecule has 168 valence electrons. The summed E-state index contributed by atoms with van der Waals surface area (Å²) in [5, 5.41) is 3.00. The van der Waals surface area contributed by atoms with Gasteiger partial charge in [0.1, 0.15) is 5.75 Å². The Kier molecular flexibility index (Phi) is 7.77. The highest BCUT2D eigenvalue weighted by Crippen LogP contribution is 2.26. The summed E-state index contributed by atoms with van der Waals surface area (Å²) in [5.74, 6) is 0.532. The van der Waals surface area contributed by atoms with Gasteiger partial charge in [-0.2, -0.15) is 0 Å². The van der Waals surface area contributed by atoms with Crippen molar-refractivity contribution >= 4 is 33.2 Å². The van der Waals surface area contributed by atoms with E-state index in [1.54, 1.807) is 19.2 Å². The standard InChI is InChI=1S/C24H25ClN2O4S/c1-17-8-11-21(12-9-17)32(29,30)27-23-13-10-19(16-22(23)25)24(28)26-14-4-6-18-5-3-7-20(15-18)31-2/h3,5,7-13,15-16,27H,4,6,14H2,1-2H3,(H,26,28). The van der Waals surface area contributed by atoms with Crippen LogP contribution in [0.25, 0.3) is 0 Å². The second-order valence-electron chi connectivity index (χ2n) is 7.32. The molecule has 0 spiro atoms. The molecule has 3 aromatic rings. The van der Waals surface area contributed by atoms with Crippen LogP contribution >= 0.6 is 11.6 Å². The van der Waals surface area contributed by atoms with E-state index in [0.717, 1.165) is 29.7 Å². The molecule has 8 heteroatoms. The van der Waals surface area contributed by atoms with E-state index in [2.05, 4.69) is 10.0 Å². The van der Waals surface area contributed by atoms with Crippen molar-refractivity contribution in [2.45, 2.75) is 24.7 Å². The van der Waals surface area contributed by atoms with Crippen molar-refractivity contribution in [1.82, 2.24) is 5.32 Å². The maximum Gasteiger partial charge on any atom is 0.261 e. The molecule has 0 fully saturated rings. The first-order valence-corrected chi connectivity index (χ1v) is 11.9. The third kappa shape index (κ3) is 6.24. The molecule has 3 aromatic carbocycles. The fourth-order valence-electron chi connectivity index (χ4n) is 3.08. The molecular weight excluding hydrogens is 448 g/mol. The number of nitrogens with one attached hydrogen (secondary N) is 2. The van der Waals surface area contributed by atoms with Gasteiger partial charge < -0.3 is 10.1 Å². The number of benzene rings is 3. The Hall–Kier alpha value is -3.03. The summed E-state index contributed by atoms with van der Waals surface area (Å²) < 4.78 is 32.8. The van der Waals surface area contributed by atoms with Crippen LogP contribution in [-0.2, 0) is 16.4 Å². The van der Waals surface area contributed by atoms with E-state index in [-0.39, 0.29) is 21.5 Å². The van der Waals surface area contributed by atoms with Crippen LogP contribution in [0, 0.1) is 6.92 Å². The Bertz CT molecular complexity index is 1190. The number of carbonyl (C=O) groups excluding carboxylic acids is 1. The summed E-state index contributed by atoms with van der Waals surface area (Å²) in [4.78, 5) is 12.6. The minimum absolute atomic E-state index is 0.136. The molecule has 0 saturated carbocycles. The van der Waals surface area contributed by atoms with Gasteiger partial charge in [-0.25, -0.2) is 8.42 Å². The fraction of sp³-hybridized carbons (Fsp3) is 0.208. The third-order valence-corrected chi connectivity index (χ3v) is 6.56. The number of anilines is 1. The fourth-order valence-corrected chi connectivity index (χ4v) is 4.45. The summed E-state index contributed by atoms with van der Waals surface area (Å²) in [7, 11) is -2.15. The number of ether oxygens (including phenoxy) is 1. The highest BCUT2D eigenvalue weighted by Gasteiger charge is 2.16. The van der Waals surface area contributed by atoms with Crippen LogP contribution in [-0.4, -0.2) is 28.0 Å². The number of carbonyl (C=O) groups is 1. The summed E-state index contributed by atoms with van der Waals surface area (Å²) in [6, 6.07) is 18.8.